The number of nitrogens with zero attached hydrogens (tertiary/aromatic N) is 1. The summed E-state index contributed by atoms with van der Waals surface area (Å²) in [7, 11) is 0. The maximum atomic E-state index is 12.7. The molecule has 0 aliphatic heterocycles. The van der Waals surface area contributed by atoms with Gasteiger partial charge in [-0.2, -0.15) is 0 Å². The number of amides is 1. The van der Waals surface area contributed by atoms with Crippen LogP contribution in [0.15, 0.2) is 0 Å². The van der Waals surface area contributed by atoms with Crippen LogP contribution in [0.1, 0.15) is 53.4 Å². The van der Waals surface area contributed by atoms with Gasteiger partial charge in [-0.05, 0) is 45.1 Å². The second-order valence-corrected chi connectivity index (χ2v) is 6.36. The summed E-state index contributed by atoms with van der Waals surface area (Å²) in [5.74, 6) is 1.44. The summed E-state index contributed by atoms with van der Waals surface area (Å²) in [6.07, 6.45) is 4.57. The van der Waals surface area contributed by atoms with Crippen LogP contribution in [-0.2, 0) is 4.79 Å². The molecule has 18 heavy (non-hydrogen) atoms. The molecule has 0 radical (unpaired) electrons. The highest BCUT2D eigenvalue weighted by atomic mass is 16.2. The quantitative estimate of drug-likeness (QED) is 0.820. The lowest BCUT2D eigenvalue weighted by Gasteiger charge is -2.37. The Bertz CT molecular complexity index is 259. The maximum absolute atomic E-state index is 12.7. The van der Waals surface area contributed by atoms with E-state index >= 15 is 0 Å². The number of hydrogen-bond donors (Lipinski definition) is 1. The molecule has 3 heteroatoms. The van der Waals surface area contributed by atoms with E-state index in [1.54, 1.807) is 0 Å². The third-order valence-electron chi connectivity index (χ3n) is 4.00. The van der Waals surface area contributed by atoms with Crippen molar-refractivity contribution < 1.29 is 4.79 Å². The zero-order chi connectivity index (χ0) is 13.7. The Morgan fingerprint density at radius 1 is 1.22 bits per heavy atom. The molecule has 0 saturated heterocycles. The highest BCUT2D eigenvalue weighted by molar-refractivity contribution is 5.79. The molecule has 0 aromatic rings. The van der Waals surface area contributed by atoms with Gasteiger partial charge in [0.25, 0.3) is 0 Å². The zero-order valence-corrected chi connectivity index (χ0v) is 12.5. The lowest BCUT2D eigenvalue weighted by Crippen LogP contribution is -2.46. The van der Waals surface area contributed by atoms with Gasteiger partial charge in [0.15, 0.2) is 0 Å². The highest BCUT2D eigenvalue weighted by Gasteiger charge is 2.33. The van der Waals surface area contributed by atoms with Gasteiger partial charge in [-0.15, -0.1) is 0 Å². The second kappa shape index (κ2) is 7.13. The third-order valence-corrected chi connectivity index (χ3v) is 4.00. The summed E-state index contributed by atoms with van der Waals surface area (Å²) in [6, 6.07) is 0.292. The molecule has 0 spiro atoms. The van der Waals surface area contributed by atoms with Crippen molar-refractivity contribution in [3.63, 3.8) is 0 Å². The summed E-state index contributed by atoms with van der Waals surface area (Å²) in [5.41, 5.74) is 5.84. The Morgan fingerprint density at radius 3 is 2.33 bits per heavy atom. The minimum Gasteiger partial charge on any atom is -0.340 e. The predicted octanol–water partition coefficient (Wildman–Crippen LogP) is 2.64. The first-order valence-corrected chi connectivity index (χ1v) is 7.47. The topological polar surface area (TPSA) is 46.3 Å². The van der Waals surface area contributed by atoms with E-state index in [0.717, 1.165) is 19.4 Å². The van der Waals surface area contributed by atoms with Crippen molar-refractivity contribution in [1.29, 1.82) is 0 Å². The monoisotopic (exact) mass is 254 g/mol. The minimum absolute atomic E-state index is 0.171. The summed E-state index contributed by atoms with van der Waals surface area (Å²) >= 11 is 0. The van der Waals surface area contributed by atoms with E-state index in [2.05, 4.69) is 32.6 Å². The fourth-order valence-electron chi connectivity index (χ4n) is 2.98. The van der Waals surface area contributed by atoms with Gasteiger partial charge < -0.3 is 10.6 Å². The van der Waals surface area contributed by atoms with Gasteiger partial charge in [-0.25, -0.2) is 0 Å². The van der Waals surface area contributed by atoms with E-state index in [0.29, 0.717) is 30.3 Å². The lowest BCUT2D eigenvalue weighted by atomic mass is 9.78. The Morgan fingerprint density at radius 2 is 1.83 bits per heavy atom. The minimum atomic E-state index is 0.171. The van der Waals surface area contributed by atoms with E-state index in [1.165, 1.54) is 12.8 Å². The van der Waals surface area contributed by atoms with Crippen molar-refractivity contribution in [2.24, 2.45) is 23.5 Å². The van der Waals surface area contributed by atoms with Crippen LogP contribution in [0.2, 0.25) is 0 Å². The maximum Gasteiger partial charge on any atom is 0.226 e. The standard InChI is InChI=1S/C15H30N2O/c1-11(2)10-17(12(3)4)15(18)14-8-6-5-7-13(14)9-16/h11-14H,5-10,16H2,1-4H3. The molecular weight excluding hydrogens is 224 g/mol. The Hall–Kier alpha value is -0.570. The predicted molar refractivity (Wildman–Crippen MR) is 76.2 cm³/mol. The molecule has 1 saturated carbocycles. The summed E-state index contributed by atoms with van der Waals surface area (Å²) in [5, 5.41) is 0. The first-order valence-electron chi connectivity index (χ1n) is 7.47. The number of nitrogens with two attached hydrogens (primary N) is 1. The number of rotatable bonds is 5. The summed E-state index contributed by atoms with van der Waals surface area (Å²) in [6.45, 7) is 10.1. The van der Waals surface area contributed by atoms with Crippen LogP contribution in [0.25, 0.3) is 0 Å². The summed E-state index contributed by atoms with van der Waals surface area (Å²) < 4.78 is 0. The largest absolute Gasteiger partial charge is 0.340 e. The Labute approximate surface area is 112 Å². The third kappa shape index (κ3) is 3.98. The molecule has 1 aliphatic carbocycles. The number of carbonyl (C=O) groups excluding carboxylic acids is 1. The molecule has 0 aromatic carbocycles. The number of carbonyl (C=O) groups is 1. The van der Waals surface area contributed by atoms with E-state index in [-0.39, 0.29) is 5.92 Å². The molecule has 1 fully saturated rings. The van der Waals surface area contributed by atoms with Crippen LogP contribution < -0.4 is 5.73 Å². The molecule has 1 amide bonds. The SMILES string of the molecule is CC(C)CN(C(=O)C1CCCCC1CN)C(C)C. The molecular formula is C15H30N2O. The van der Waals surface area contributed by atoms with Crippen LogP contribution in [0, 0.1) is 17.8 Å². The molecule has 0 heterocycles. The van der Waals surface area contributed by atoms with E-state index in [9.17, 15) is 4.79 Å². The summed E-state index contributed by atoms with van der Waals surface area (Å²) in [4.78, 5) is 14.8. The van der Waals surface area contributed by atoms with Crippen molar-refractivity contribution in [2.75, 3.05) is 13.1 Å². The van der Waals surface area contributed by atoms with Crippen LogP contribution in [0.4, 0.5) is 0 Å². The normalized spacial score (nSPS) is 24.6. The highest BCUT2D eigenvalue weighted by Crippen LogP contribution is 2.31. The Balaban J connectivity index is 2.74. The average molecular weight is 254 g/mol. The van der Waals surface area contributed by atoms with Crippen LogP contribution in [0.5, 0.6) is 0 Å². The van der Waals surface area contributed by atoms with Crippen LogP contribution in [0.3, 0.4) is 0 Å². The van der Waals surface area contributed by atoms with Gasteiger partial charge in [-0.1, -0.05) is 26.7 Å². The van der Waals surface area contributed by atoms with Crippen molar-refractivity contribution in [3.05, 3.63) is 0 Å². The van der Waals surface area contributed by atoms with Crippen molar-refractivity contribution in [3.8, 4) is 0 Å². The molecule has 2 unspecified atom stereocenters. The zero-order valence-electron chi connectivity index (χ0n) is 12.5. The molecule has 106 valence electrons. The van der Waals surface area contributed by atoms with Gasteiger partial charge >= 0.3 is 0 Å². The Kier molecular flexibility index (Phi) is 6.13. The molecule has 0 aromatic heterocycles. The fourth-order valence-corrected chi connectivity index (χ4v) is 2.98. The van der Waals surface area contributed by atoms with E-state index < -0.39 is 0 Å². The van der Waals surface area contributed by atoms with Crippen LogP contribution >= 0.6 is 0 Å². The fraction of sp³-hybridized carbons (Fsp3) is 0.933. The smallest absolute Gasteiger partial charge is 0.226 e. The average Bonchev–Trinajstić information content (AvgIpc) is 2.34. The first-order chi connectivity index (χ1) is 8.47. The van der Waals surface area contributed by atoms with Gasteiger partial charge in [-0.3, -0.25) is 4.79 Å². The van der Waals surface area contributed by atoms with Crippen molar-refractivity contribution in [1.82, 2.24) is 4.90 Å². The van der Waals surface area contributed by atoms with Crippen molar-refractivity contribution in [2.45, 2.75) is 59.4 Å². The molecule has 1 rings (SSSR count). The van der Waals surface area contributed by atoms with E-state index in [1.807, 2.05) is 0 Å². The van der Waals surface area contributed by atoms with Gasteiger partial charge in [0.1, 0.15) is 0 Å². The number of hydrogen-bond acceptors (Lipinski definition) is 2. The molecule has 2 N–H and O–H groups in total. The van der Waals surface area contributed by atoms with E-state index in [4.69, 9.17) is 5.73 Å². The van der Waals surface area contributed by atoms with Gasteiger partial charge in [0.2, 0.25) is 5.91 Å². The molecule has 0 bridgehead atoms. The first kappa shape index (κ1) is 15.5. The molecule has 3 nitrogen and oxygen atoms in total. The molecule has 2 atom stereocenters. The van der Waals surface area contributed by atoms with Crippen LogP contribution in [-0.4, -0.2) is 29.9 Å². The lowest BCUT2D eigenvalue weighted by molar-refractivity contribution is -0.140. The van der Waals surface area contributed by atoms with Gasteiger partial charge in [0.05, 0.1) is 0 Å². The van der Waals surface area contributed by atoms with Gasteiger partial charge in [0, 0.05) is 18.5 Å². The van der Waals surface area contributed by atoms with Crippen molar-refractivity contribution >= 4 is 5.91 Å². The second-order valence-electron chi connectivity index (χ2n) is 6.36. The molecule has 1 aliphatic rings.